The highest BCUT2D eigenvalue weighted by Gasteiger charge is 2.26. The number of aliphatic hydroxyl groups excluding tert-OH is 1. The molecule has 70 valence electrons. The van der Waals surface area contributed by atoms with Crippen LogP contribution in [0.5, 0.6) is 0 Å². The molecular weight excluding hydrogens is 166 g/mol. The molecule has 13 heavy (non-hydrogen) atoms. The van der Waals surface area contributed by atoms with Gasteiger partial charge in [0.05, 0.1) is 0 Å². The largest absolute Gasteiger partial charge is 0.396 e. The SMILES string of the molecule is Nc1cc(CCO)nc(C2CC2)n1. The van der Waals surface area contributed by atoms with E-state index in [0.717, 1.165) is 11.5 Å². The van der Waals surface area contributed by atoms with E-state index in [-0.39, 0.29) is 6.61 Å². The molecule has 1 aromatic rings. The fourth-order valence-corrected chi connectivity index (χ4v) is 1.31. The molecule has 0 spiro atoms. The zero-order chi connectivity index (χ0) is 9.26. The van der Waals surface area contributed by atoms with Gasteiger partial charge in [0.2, 0.25) is 0 Å². The third-order valence-electron chi connectivity index (χ3n) is 2.13. The highest BCUT2D eigenvalue weighted by molar-refractivity contribution is 5.31. The van der Waals surface area contributed by atoms with Gasteiger partial charge in [-0.3, -0.25) is 0 Å². The van der Waals surface area contributed by atoms with Gasteiger partial charge in [0.25, 0.3) is 0 Å². The fourth-order valence-electron chi connectivity index (χ4n) is 1.31. The minimum absolute atomic E-state index is 0.112. The molecule has 0 radical (unpaired) electrons. The van der Waals surface area contributed by atoms with Crippen LogP contribution in [0, 0.1) is 0 Å². The molecule has 0 saturated heterocycles. The molecule has 1 heterocycles. The molecule has 1 fully saturated rings. The Morgan fingerprint density at radius 2 is 2.23 bits per heavy atom. The fraction of sp³-hybridized carbons (Fsp3) is 0.556. The summed E-state index contributed by atoms with van der Waals surface area (Å²) < 4.78 is 0. The maximum Gasteiger partial charge on any atom is 0.134 e. The number of nitrogens with two attached hydrogens (primary N) is 1. The van der Waals surface area contributed by atoms with Crippen LogP contribution in [-0.4, -0.2) is 21.7 Å². The van der Waals surface area contributed by atoms with E-state index >= 15 is 0 Å². The van der Waals surface area contributed by atoms with Gasteiger partial charge in [-0.25, -0.2) is 9.97 Å². The van der Waals surface area contributed by atoms with Gasteiger partial charge < -0.3 is 10.8 Å². The van der Waals surface area contributed by atoms with Crippen LogP contribution >= 0.6 is 0 Å². The standard InChI is InChI=1S/C9H13N3O/c10-8-5-7(3-4-13)11-9(12-8)6-1-2-6/h5-6,13H,1-4H2,(H2,10,11,12). The lowest BCUT2D eigenvalue weighted by Crippen LogP contribution is -2.03. The zero-order valence-corrected chi connectivity index (χ0v) is 7.40. The van der Waals surface area contributed by atoms with Crippen LogP contribution in [0.3, 0.4) is 0 Å². The van der Waals surface area contributed by atoms with E-state index < -0.39 is 0 Å². The first kappa shape index (κ1) is 8.44. The maximum absolute atomic E-state index is 8.75. The molecule has 1 aliphatic rings. The van der Waals surface area contributed by atoms with E-state index in [1.165, 1.54) is 12.8 Å². The van der Waals surface area contributed by atoms with E-state index in [1.807, 2.05) is 0 Å². The number of hydrogen-bond donors (Lipinski definition) is 2. The molecule has 3 N–H and O–H groups in total. The Labute approximate surface area is 76.8 Å². The average Bonchev–Trinajstić information content (AvgIpc) is 2.85. The molecule has 0 atom stereocenters. The molecular formula is C9H13N3O. The maximum atomic E-state index is 8.75. The van der Waals surface area contributed by atoms with Gasteiger partial charge in [0.15, 0.2) is 0 Å². The quantitative estimate of drug-likeness (QED) is 0.707. The molecule has 1 aromatic heterocycles. The van der Waals surface area contributed by atoms with Crippen LogP contribution in [-0.2, 0) is 6.42 Å². The van der Waals surface area contributed by atoms with Crippen LogP contribution in [0.4, 0.5) is 5.82 Å². The van der Waals surface area contributed by atoms with Gasteiger partial charge in [-0.2, -0.15) is 0 Å². The van der Waals surface area contributed by atoms with E-state index in [4.69, 9.17) is 10.8 Å². The Bertz CT molecular complexity index is 310. The topological polar surface area (TPSA) is 72.0 Å². The van der Waals surface area contributed by atoms with Crippen LogP contribution < -0.4 is 5.73 Å². The lowest BCUT2D eigenvalue weighted by atomic mass is 10.3. The Morgan fingerprint density at radius 1 is 1.46 bits per heavy atom. The van der Waals surface area contributed by atoms with Crippen molar-refractivity contribution in [3.05, 3.63) is 17.6 Å². The molecule has 1 aliphatic carbocycles. The van der Waals surface area contributed by atoms with E-state index in [0.29, 0.717) is 18.2 Å². The Morgan fingerprint density at radius 3 is 2.85 bits per heavy atom. The molecule has 2 rings (SSSR count). The van der Waals surface area contributed by atoms with Crippen molar-refractivity contribution >= 4 is 5.82 Å². The van der Waals surface area contributed by atoms with Crippen molar-refractivity contribution in [2.45, 2.75) is 25.2 Å². The van der Waals surface area contributed by atoms with Crippen LogP contribution in [0.2, 0.25) is 0 Å². The van der Waals surface area contributed by atoms with Crippen molar-refractivity contribution in [1.82, 2.24) is 9.97 Å². The number of nitrogens with zero attached hydrogens (tertiary/aromatic N) is 2. The highest BCUT2D eigenvalue weighted by atomic mass is 16.3. The molecule has 0 amide bonds. The third kappa shape index (κ3) is 1.95. The molecule has 0 aliphatic heterocycles. The number of rotatable bonds is 3. The van der Waals surface area contributed by atoms with E-state index in [1.54, 1.807) is 6.07 Å². The van der Waals surface area contributed by atoms with E-state index in [9.17, 15) is 0 Å². The van der Waals surface area contributed by atoms with Crippen molar-refractivity contribution in [2.75, 3.05) is 12.3 Å². The summed E-state index contributed by atoms with van der Waals surface area (Å²) in [6, 6.07) is 1.72. The first-order chi connectivity index (χ1) is 6.29. The number of hydrogen-bond acceptors (Lipinski definition) is 4. The summed E-state index contributed by atoms with van der Waals surface area (Å²) in [5, 5.41) is 8.75. The highest BCUT2D eigenvalue weighted by Crippen LogP contribution is 2.38. The van der Waals surface area contributed by atoms with Crippen LogP contribution in [0.15, 0.2) is 6.07 Å². The Balaban J connectivity index is 2.25. The number of aromatic nitrogens is 2. The zero-order valence-electron chi connectivity index (χ0n) is 7.40. The summed E-state index contributed by atoms with van der Waals surface area (Å²) in [6.07, 6.45) is 2.90. The van der Waals surface area contributed by atoms with E-state index in [2.05, 4.69) is 9.97 Å². The minimum Gasteiger partial charge on any atom is -0.396 e. The van der Waals surface area contributed by atoms with Gasteiger partial charge in [-0.05, 0) is 12.8 Å². The summed E-state index contributed by atoms with van der Waals surface area (Å²) in [4.78, 5) is 8.50. The van der Waals surface area contributed by atoms with Crippen molar-refractivity contribution in [1.29, 1.82) is 0 Å². The van der Waals surface area contributed by atoms with Gasteiger partial charge in [0.1, 0.15) is 11.6 Å². The average molecular weight is 179 g/mol. The molecule has 0 unspecified atom stereocenters. The van der Waals surface area contributed by atoms with Gasteiger partial charge in [0, 0.05) is 30.7 Å². The first-order valence-electron chi connectivity index (χ1n) is 4.54. The smallest absolute Gasteiger partial charge is 0.134 e. The van der Waals surface area contributed by atoms with Crippen LogP contribution in [0.1, 0.15) is 30.3 Å². The molecule has 4 nitrogen and oxygen atoms in total. The van der Waals surface area contributed by atoms with Crippen LogP contribution in [0.25, 0.3) is 0 Å². The second-order valence-electron chi connectivity index (χ2n) is 3.39. The van der Waals surface area contributed by atoms with Crippen molar-refractivity contribution in [3.8, 4) is 0 Å². The second kappa shape index (κ2) is 3.30. The summed E-state index contributed by atoms with van der Waals surface area (Å²) in [7, 11) is 0. The Hall–Kier alpha value is -1.16. The van der Waals surface area contributed by atoms with Gasteiger partial charge >= 0.3 is 0 Å². The summed E-state index contributed by atoms with van der Waals surface area (Å²) in [6.45, 7) is 0.112. The van der Waals surface area contributed by atoms with Crippen molar-refractivity contribution in [3.63, 3.8) is 0 Å². The third-order valence-corrected chi connectivity index (χ3v) is 2.13. The summed E-state index contributed by atoms with van der Waals surface area (Å²) >= 11 is 0. The van der Waals surface area contributed by atoms with Gasteiger partial charge in [-0.1, -0.05) is 0 Å². The number of anilines is 1. The monoisotopic (exact) mass is 179 g/mol. The van der Waals surface area contributed by atoms with Gasteiger partial charge in [-0.15, -0.1) is 0 Å². The molecule has 0 aromatic carbocycles. The van der Waals surface area contributed by atoms with Crippen molar-refractivity contribution in [2.24, 2.45) is 0 Å². The molecule has 4 heteroatoms. The second-order valence-corrected chi connectivity index (χ2v) is 3.39. The number of nitrogen functional groups attached to an aromatic ring is 1. The molecule has 1 saturated carbocycles. The molecule has 0 bridgehead atoms. The van der Waals surface area contributed by atoms with Crippen molar-refractivity contribution < 1.29 is 5.11 Å². The summed E-state index contributed by atoms with van der Waals surface area (Å²) in [5.41, 5.74) is 6.47. The minimum atomic E-state index is 0.112. The predicted octanol–water partition coefficient (Wildman–Crippen LogP) is 0.471. The Kier molecular flexibility index (Phi) is 2.14. The summed E-state index contributed by atoms with van der Waals surface area (Å²) in [5.74, 6) is 1.88. The lowest BCUT2D eigenvalue weighted by molar-refractivity contribution is 0.298. The predicted molar refractivity (Wildman–Crippen MR) is 49.2 cm³/mol. The normalized spacial score (nSPS) is 16.1. The first-order valence-corrected chi connectivity index (χ1v) is 4.54. The lowest BCUT2D eigenvalue weighted by Gasteiger charge is -2.02. The number of aliphatic hydroxyl groups is 1.